The van der Waals surface area contributed by atoms with Crippen molar-refractivity contribution in [3.63, 3.8) is 0 Å². The van der Waals surface area contributed by atoms with Crippen LogP contribution in [0.1, 0.15) is 18.4 Å². The normalized spacial score (nSPS) is 15.3. The lowest BCUT2D eigenvalue weighted by atomic mass is 10.1. The molecule has 1 atom stereocenters. The first-order valence-electron chi connectivity index (χ1n) is 13.9. The van der Waals surface area contributed by atoms with Gasteiger partial charge in [-0.3, -0.25) is 9.69 Å². The van der Waals surface area contributed by atoms with Gasteiger partial charge in [0.05, 0.1) is 31.1 Å². The number of hydrogen-bond donors (Lipinski definition) is 2. The summed E-state index contributed by atoms with van der Waals surface area (Å²) in [6.45, 7) is 2.98. The van der Waals surface area contributed by atoms with Crippen LogP contribution in [0.25, 0.3) is 16.6 Å². The molecule has 0 unspecified atom stereocenters. The Bertz CT molecular complexity index is 1840. The van der Waals surface area contributed by atoms with Gasteiger partial charge in [0.25, 0.3) is 0 Å². The number of anilines is 3. The van der Waals surface area contributed by atoms with Gasteiger partial charge in [-0.25, -0.2) is 19.5 Å². The van der Waals surface area contributed by atoms with Crippen molar-refractivity contribution >= 4 is 39.6 Å². The maximum atomic E-state index is 12.8. The number of fused-ring (bicyclic) bond motifs is 2. The number of carbonyl (C=O) groups excluding carboxylic acids is 1. The summed E-state index contributed by atoms with van der Waals surface area (Å²) >= 11 is 0. The maximum absolute atomic E-state index is 12.8. The van der Waals surface area contributed by atoms with Crippen LogP contribution in [0.3, 0.4) is 0 Å². The molecule has 12 heteroatoms. The second-order valence-corrected chi connectivity index (χ2v) is 10.3. The van der Waals surface area contributed by atoms with E-state index in [1.165, 1.54) is 12.7 Å². The van der Waals surface area contributed by atoms with E-state index in [0.29, 0.717) is 56.7 Å². The number of ether oxygens (including phenoxy) is 3. The molecular formula is C31H32N8O4. The molecule has 0 aliphatic carbocycles. The molecular weight excluding hydrogens is 548 g/mol. The van der Waals surface area contributed by atoms with Gasteiger partial charge in [-0.2, -0.15) is 5.10 Å². The second-order valence-electron chi connectivity index (χ2n) is 10.3. The molecule has 4 heterocycles. The Morgan fingerprint density at radius 2 is 1.84 bits per heavy atom. The Kier molecular flexibility index (Phi) is 7.75. The van der Waals surface area contributed by atoms with Crippen molar-refractivity contribution in [3.05, 3.63) is 73.0 Å². The number of methoxy groups -OCH3 is 2. The van der Waals surface area contributed by atoms with Crippen molar-refractivity contribution in [2.75, 3.05) is 38.4 Å². The summed E-state index contributed by atoms with van der Waals surface area (Å²) in [5, 5.41) is 11.1. The fourth-order valence-corrected chi connectivity index (χ4v) is 5.16. The third kappa shape index (κ3) is 5.90. The van der Waals surface area contributed by atoms with Crippen LogP contribution >= 0.6 is 0 Å². The molecule has 0 bridgehead atoms. The Morgan fingerprint density at radius 1 is 1.00 bits per heavy atom. The van der Waals surface area contributed by atoms with Crippen LogP contribution in [0.5, 0.6) is 23.0 Å². The number of likely N-dealkylation sites (tertiary alicyclic amines) is 1. The fraction of sp³-hybridized carbons (Fsp3) is 0.258. The van der Waals surface area contributed by atoms with Crippen molar-refractivity contribution in [2.24, 2.45) is 0 Å². The van der Waals surface area contributed by atoms with E-state index in [4.69, 9.17) is 14.2 Å². The van der Waals surface area contributed by atoms with Crippen molar-refractivity contribution in [3.8, 4) is 23.0 Å². The second kappa shape index (κ2) is 11.9. The molecule has 2 aromatic carbocycles. The first-order valence-corrected chi connectivity index (χ1v) is 13.9. The van der Waals surface area contributed by atoms with Crippen molar-refractivity contribution in [2.45, 2.75) is 25.8 Å². The molecule has 1 saturated heterocycles. The zero-order valence-electron chi connectivity index (χ0n) is 24.4. The van der Waals surface area contributed by atoms with Crippen LogP contribution in [-0.2, 0) is 4.79 Å². The molecule has 1 fully saturated rings. The fourth-order valence-electron chi connectivity index (χ4n) is 5.16. The molecule has 3 aromatic heterocycles. The Balaban J connectivity index is 1.27. The Hall–Kier alpha value is -5.23. The van der Waals surface area contributed by atoms with Crippen molar-refractivity contribution < 1.29 is 19.0 Å². The topological polar surface area (TPSA) is 128 Å². The highest BCUT2D eigenvalue weighted by Gasteiger charge is 2.19. The minimum atomic E-state index is -0.236. The lowest BCUT2D eigenvalue weighted by Crippen LogP contribution is -2.23. The Labute approximate surface area is 248 Å². The van der Waals surface area contributed by atoms with E-state index in [1.807, 2.05) is 37.3 Å². The van der Waals surface area contributed by atoms with E-state index in [0.717, 1.165) is 24.9 Å². The summed E-state index contributed by atoms with van der Waals surface area (Å²) in [6, 6.07) is 11.2. The van der Waals surface area contributed by atoms with Gasteiger partial charge in [0.1, 0.15) is 41.5 Å². The first kappa shape index (κ1) is 27.9. The molecule has 6 rings (SSSR count). The van der Waals surface area contributed by atoms with E-state index in [9.17, 15) is 4.79 Å². The van der Waals surface area contributed by atoms with E-state index < -0.39 is 0 Å². The van der Waals surface area contributed by atoms with Crippen LogP contribution in [-0.4, -0.2) is 69.2 Å². The molecule has 220 valence electrons. The third-order valence-corrected chi connectivity index (χ3v) is 7.49. The minimum absolute atomic E-state index is 0.236. The molecule has 2 N–H and O–H groups in total. The van der Waals surface area contributed by atoms with E-state index in [2.05, 4.69) is 42.6 Å². The zero-order valence-corrected chi connectivity index (χ0v) is 24.4. The quantitative estimate of drug-likeness (QED) is 0.227. The number of hydrogen-bond acceptors (Lipinski definition) is 10. The lowest BCUT2D eigenvalue weighted by molar-refractivity contribution is -0.111. The molecule has 12 nitrogen and oxygen atoms in total. The summed E-state index contributed by atoms with van der Waals surface area (Å²) < 4.78 is 19.1. The molecule has 5 aromatic rings. The predicted octanol–water partition coefficient (Wildman–Crippen LogP) is 5.12. The van der Waals surface area contributed by atoms with Crippen molar-refractivity contribution in [1.29, 1.82) is 0 Å². The SMILES string of the molecule is COc1cc2ncnc(Nc3cc(C)c(Oc4ccn5ncnc5c4)cc3OC)c2cc1NC(=O)/C=C/[C@H]1CCCN1C. The number of rotatable bonds is 9. The van der Waals surface area contributed by atoms with Gasteiger partial charge >= 0.3 is 0 Å². The monoisotopic (exact) mass is 580 g/mol. The predicted molar refractivity (Wildman–Crippen MR) is 164 cm³/mol. The van der Waals surface area contributed by atoms with Crippen molar-refractivity contribution in [1.82, 2.24) is 29.5 Å². The van der Waals surface area contributed by atoms with Gasteiger partial charge < -0.3 is 24.8 Å². The highest BCUT2D eigenvalue weighted by Crippen LogP contribution is 2.38. The molecule has 1 aliphatic heterocycles. The molecule has 1 amide bonds. The number of pyridine rings is 1. The van der Waals surface area contributed by atoms with Crippen LogP contribution < -0.4 is 24.8 Å². The van der Waals surface area contributed by atoms with E-state index in [1.54, 1.807) is 43.1 Å². The smallest absolute Gasteiger partial charge is 0.248 e. The zero-order chi connectivity index (χ0) is 29.9. The summed E-state index contributed by atoms with van der Waals surface area (Å²) in [5.41, 5.74) is 3.40. The summed E-state index contributed by atoms with van der Waals surface area (Å²) in [7, 11) is 5.22. The van der Waals surface area contributed by atoms with Gasteiger partial charge in [-0.15, -0.1) is 0 Å². The largest absolute Gasteiger partial charge is 0.494 e. The number of benzene rings is 2. The number of aromatic nitrogens is 5. The molecule has 0 radical (unpaired) electrons. The number of nitrogens with one attached hydrogen (secondary N) is 2. The highest BCUT2D eigenvalue weighted by molar-refractivity contribution is 6.03. The number of amides is 1. The first-order chi connectivity index (χ1) is 20.9. The average Bonchev–Trinajstić information content (AvgIpc) is 3.65. The van der Waals surface area contributed by atoms with Gasteiger partial charge in [0, 0.05) is 41.9 Å². The van der Waals surface area contributed by atoms with Gasteiger partial charge in [0.15, 0.2) is 5.65 Å². The van der Waals surface area contributed by atoms with E-state index >= 15 is 0 Å². The third-order valence-electron chi connectivity index (χ3n) is 7.49. The van der Waals surface area contributed by atoms with Gasteiger partial charge in [-0.1, -0.05) is 6.08 Å². The maximum Gasteiger partial charge on any atom is 0.248 e. The number of nitrogens with zero attached hydrogens (tertiary/aromatic N) is 6. The van der Waals surface area contributed by atoms with Crippen LogP contribution in [0.4, 0.5) is 17.2 Å². The number of aryl methyl sites for hydroxylation is 1. The molecule has 43 heavy (non-hydrogen) atoms. The lowest BCUT2D eigenvalue weighted by Gasteiger charge is -2.17. The molecule has 1 aliphatic rings. The van der Waals surface area contributed by atoms with Crippen LogP contribution in [0, 0.1) is 6.92 Å². The number of carbonyl (C=O) groups is 1. The minimum Gasteiger partial charge on any atom is -0.494 e. The van der Waals surface area contributed by atoms with Gasteiger partial charge in [0.2, 0.25) is 5.91 Å². The summed E-state index contributed by atoms with van der Waals surface area (Å²) in [4.78, 5) is 28.2. The van der Waals surface area contributed by atoms with E-state index in [-0.39, 0.29) is 11.9 Å². The van der Waals surface area contributed by atoms with Gasteiger partial charge in [-0.05, 0) is 57.1 Å². The Morgan fingerprint density at radius 3 is 2.63 bits per heavy atom. The van der Waals surface area contributed by atoms with Crippen LogP contribution in [0.15, 0.2) is 67.4 Å². The molecule has 0 spiro atoms. The number of likely N-dealkylation sites (N-methyl/N-ethyl adjacent to an activating group) is 1. The standard InChI is InChI=1S/C31H32N8O4/c1-19-12-24(28(42-4)16-26(19)43-21-9-11-39-29(13-21)33-18-35-39)37-31-22-14-25(27(41-3)15-23(22)32-17-34-31)36-30(40)8-7-20-6-5-10-38(20)2/h7-9,11-18,20H,5-6,10H2,1-4H3,(H,36,40)(H,32,34,37)/b8-7+/t20-/m1/s1. The summed E-state index contributed by atoms with van der Waals surface area (Å²) in [5.74, 6) is 2.61. The molecule has 0 saturated carbocycles. The van der Waals surface area contributed by atoms with Crippen LogP contribution in [0.2, 0.25) is 0 Å². The summed E-state index contributed by atoms with van der Waals surface area (Å²) in [6.07, 6.45) is 10.4. The highest BCUT2D eigenvalue weighted by atomic mass is 16.5. The average molecular weight is 581 g/mol.